The second kappa shape index (κ2) is 3.30. The smallest absolute Gasteiger partial charge is 0.297 e. The van der Waals surface area contributed by atoms with E-state index in [4.69, 9.17) is 5.11 Å². The molecule has 0 aliphatic carbocycles. The van der Waals surface area contributed by atoms with Gasteiger partial charge in [-0.1, -0.05) is 0 Å². The third-order valence-electron chi connectivity index (χ3n) is 0.332. The van der Waals surface area contributed by atoms with Crippen molar-refractivity contribution in [2.75, 3.05) is 6.73 Å². The van der Waals surface area contributed by atoms with Gasteiger partial charge in [-0.2, -0.15) is 0 Å². The first-order chi connectivity index (χ1) is 3.31. The van der Waals surface area contributed by atoms with Gasteiger partial charge in [0.2, 0.25) is 0 Å². The summed E-state index contributed by atoms with van der Waals surface area (Å²) in [6.45, 7) is -0.520. The number of rotatable bonds is 2. The molecule has 0 aliphatic heterocycles. The average molecular weight is 102 g/mol. The fourth-order valence-electron chi connectivity index (χ4n) is 0.108. The van der Waals surface area contributed by atoms with E-state index in [1.54, 1.807) is 5.32 Å². The Balaban J connectivity index is 3.17. The molecule has 0 heterocycles. The lowest BCUT2D eigenvalue weighted by molar-refractivity contribution is -0.115. The minimum atomic E-state index is -0.928. The van der Waals surface area contributed by atoms with E-state index in [1.807, 2.05) is 0 Å². The Labute approximate surface area is 40.1 Å². The highest BCUT2D eigenvalue weighted by Crippen LogP contribution is 1.49. The molecular weight excluding hydrogens is 98.0 g/mol. The SMILES string of the molecule is O=[C]C(=O)NCO. The van der Waals surface area contributed by atoms with Crippen LogP contribution in [0.3, 0.4) is 0 Å². The lowest BCUT2D eigenvalue weighted by Gasteiger charge is -1.86. The minimum absolute atomic E-state index is 0.520. The molecule has 0 fully saturated rings. The molecule has 2 N–H and O–H groups in total. The van der Waals surface area contributed by atoms with Crippen molar-refractivity contribution in [3.63, 3.8) is 0 Å². The summed E-state index contributed by atoms with van der Waals surface area (Å²) in [4.78, 5) is 19.0. The maximum absolute atomic E-state index is 9.72. The Bertz CT molecular complexity index is 80.2. The van der Waals surface area contributed by atoms with E-state index < -0.39 is 12.6 Å². The average Bonchev–Trinajstić information content (AvgIpc) is 1.68. The maximum Gasteiger partial charge on any atom is 0.297 e. The maximum atomic E-state index is 9.72. The Kier molecular flexibility index (Phi) is 2.87. The van der Waals surface area contributed by atoms with Crippen LogP contribution in [0.1, 0.15) is 0 Å². The van der Waals surface area contributed by atoms with Gasteiger partial charge in [0.15, 0.2) is 0 Å². The van der Waals surface area contributed by atoms with Gasteiger partial charge in [-0.25, -0.2) is 0 Å². The van der Waals surface area contributed by atoms with Gasteiger partial charge in [0, 0.05) is 0 Å². The van der Waals surface area contributed by atoms with E-state index in [2.05, 4.69) is 0 Å². The molecule has 0 atom stereocenters. The third kappa shape index (κ3) is 2.92. The number of hydrogen-bond acceptors (Lipinski definition) is 3. The normalized spacial score (nSPS) is 7.57. The third-order valence-corrected chi connectivity index (χ3v) is 0.332. The minimum Gasteiger partial charge on any atom is -0.376 e. The Morgan fingerprint density at radius 1 is 1.86 bits per heavy atom. The van der Waals surface area contributed by atoms with E-state index in [1.165, 1.54) is 0 Å². The van der Waals surface area contributed by atoms with Crippen LogP contribution in [0, 0.1) is 0 Å². The van der Waals surface area contributed by atoms with Crippen molar-refractivity contribution in [2.45, 2.75) is 0 Å². The molecular formula is C3H4NO3. The Morgan fingerprint density at radius 2 is 2.43 bits per heavy atom. The first-order valence-electron chi connectivity index (χ1n) is 1.58. The zero-order valence-corrected chi connectivity index (χ0v) is 3.47. The summed E-state index contributed by atoms with van der Waals surface area (Å²) in [5, 5.41) is 9.65. The van der Waals surface area contributed by atoms with Crippen molar-refractivity contribution in [3.8, 4) is 0 Å². The summed E-state index contributed by atoms with van der Waals surface area (Å²) in [6.07, 6.45) is 1.01. The summed E-state index contributed by atoms with van der Waals surface area (Å²) in [5.74, 6) is -0.928. The molecule has 0 aromatic heterocycles. The van der Waals surface area contributed by atoms with Gasteiger partial charge in [-0.15, -0.1) is 0 Å². The highest BCUT2D eigenvalue weighted by molar-refractivity contribution is 6.23. The zero-order valence-electron chi connectivity index (χ0n) is 3.47. The van der Waals surface area contributed by atoms with Crippen molar-refractivity contribution in [1.29, 1.82) is 0 Å². The lowest BCUT2D eigenvalue weighted by atomic mass is 10.7. The van der Waals surface area contributed by atoms with Crippen LogP contribution in [0.4, 0.5) is 0 Å². The number of carbonyl (C=O) groups excluding carboxylic acids is 2. The molecule has 4 heteroatoms. The Morgan fingerprint density at radius 3 is 2.57 bits per heavy atom. The van der Waals surface area contributed by atoms with Crippen LogP contribution in [0.15, 0.2) is 0 Å². The predicted molar refractivity (Wildman–Crippen MR) is 20.9 cm³/mol. The fraction of sp³-hybridized carbons (Fsp3) is 0.333. The van der Waals surface area contributed by atoms with E-state index in [-0.39, 0.29) is 0 Å². The van der Waals surface area contributed by atoms with Gasteiger partial charge >= 0.3 is 0 Å². The second-order valence-electron chi connectivity index (χ2n) is 0.766. The van der Waals surface area contributed by atoms with Crippen LogP contribution < -0.4 is 5.32 Å². The molecule has 0 spiro atoms. The van der Waals surface area contributed by atoms with Crippen molar-refractivity contribution < 1.29 is 14.7 Å². The molecule has 0 rings (SSSR count). The number of hydrogen-bond donors (Lipinski definition) is 2. The highest BCUT2D eigenvalue weighted by Gasteiger charge is 1.91. The standard InChI is InChI=1S/C3H4NO3/c5-1-3(7)4-2-6/h6H,2H2,(H,4,7). The summed E-state index contributed by atoms with van der Waals surface area (Å²) < 4.78 is 0. The molecule has 4 nitrogen and oxygen atoms in total. The first kappa shape index (κ1) is 6.10. The molecule has 0 aromatic carbocycles. The summed E-state index contributed by atoms with van der Waals surface area (Å²) in [6, 6.07) is 0. The van der Waals surface area contributed by atoms with Gasteiger partial charge in [0.25, 0.3) is 12.2 Å². The summed E-state index contributed by atoms with van der Waals surface area (Å²) in [5.41, 5.74) is 0. The molecule has 1 radical (unpaired) electrons. The fourth-order valence-corrected chi connectivity index (χ4v) is 0.108. The lowest BCUT2D eigenvalue weighted by Crippen LogP contribution is -2.24. The Hall–Kier alpha value is -0.900. The van der Waals surface area contributed by atoms with Gasteiger partial charge < -0.3 is 10.4 Å². The van der Waals surface area contributed by atoms with Crippen molar-refractivity contribution in [2.24, 2.45) is 0 Å². The first-order valence-corrected chi connectivity index (χ1v) is 1.58. The molecule has 39 valence electrons. The molecule has 7 heavy (non-hydrogen) atoms. The second-order valence-corrected chi connectivity index (χ2v) is 0.766. The molecule has 0 aliphatic rings. The van der Waals surface area contributed by atoms with Crippen LogP contribution >= 0.6 is 0 Å². The predicted octanol–water partition coefficient (Wildman–Crippen LogP) is -1.84. The van der Waals surface area contributed by atoms with Crippen LogP contribution in [-0.2, 0) is 9.59 Å². The van der Waals surface area contributed by atoms with Gasteiger partial charge in [0.05, 0.1) is 0 Å². The van der Waals surface area contributed by atoms with Gasteiger partial charge in [-0.3, -0.25) is 9.59 Å². The number of carbonyl (C=O) groups is 1. The van der Waals surface area contributed by atoms with Crippen molar-refractivity contribution >= 4 is 12.2 Å². The molecule has 0 saturated heterocycles. The summed E-state index contributed by atoms with van der Waals surface area (Å²) >= 11 is 0. The van der Waals surface area contributed by atoms with Gasteiger partial charge in [0.1, 0.15) is 6.73 Å². The quantitative estimate of drug-likeness (QED) is 0.318. The largest absolute Gasteiger partial charge is 0.376 e. The molecule has 0 bridgehead atoms. The number of amides is 1. The highest BCUT2D eigenvalue weighted by atomic mass is 16.3. The van der Waals surface area contributed by atoms with E-state index >= 15 is 0 Å². The van der Waals surface area contributed by atoms with E-state index in [0.717, 1.165) is 6.29 Å². The van der Waals surface area contributed by atoms with Crippen molar-refractivity contribution in [3.05, 3.63) is 0 Å². The summed E-state index contributed by atoms with van der Waals surface area (Å²) in [7, 11) is 0. The number of aliphatic hydroxyl groups is 1. The number of aliphatic hydroxyl groups excluding tert-OH is 1. The van der Waals surface area contributed by atoms with Crippen LogP contribution in [0.2, 0.25) is 0 Å². The van der Waals surface area contributed by atoms with Crippen LogP contribution in [0.5, 0.6) is 0 Å². The number of nitrogens with one attached hydrogen (secondary N) is 1. The van der Waals surface area contributed by atoms with Crippen LogP contribution in [0.25, 0.3) is 0 Å². The molecule has 1 amide bonds. The molecule has 0 unspecified atom stereocenters. The molecule has 0 aromatic rings. The monoisotopic (exact) mass is 102 g/mol. The zero-order chi connectivity index (χ0) is 5.70. The van der Waals surface area contributed by atoms with E-state index in [0.29, 0.717) is 0 Å². The molecule has 0 saturated carbocycles. The van der Waals surface area contributed by atoms with Crippen molar-refractivity contribution in [1.82, 2.24) is 5.32 Å². The van der Waals surface area contributed by atoms with Crippen LogP contribution in [-0.4, -0.2) is 24.0 Å². The van der Waals surface area contributed by atoms with Gasteiger partial charge in [-0.05, 0) is 0 Å². The van der Waals surface area contributed by atoms with E-state index in [9.17, 15) is 9.59 Å². The topological polar surface area (TPSA) is 66.4 Å².